The molecule has 0 aliphatic rings. The highest BCUT2D eigenvalue weighted by Gasteiger charge is 2.06. The molecule has 2 aromatic heterocycles. The third kappa shape index (κ3) is 2.78. The van der Waals surface area contributed by atoms with Gasteiger partial charge in [0, 0.05) is 12.2 Å². The predicted molar refractivity (Wildman–Crippen MR) is 65.6 cm³/mol. The highest BCUT2D eigenvalue weighted by atomic mass is 32.2. The lowest BCUT2D eigenvalue weighted by Crippen LogP contribution is -1.98. The Morgan fingerprint density at radius 1 is 1.31 bits per heavy atom. The summed E-state index contributed by atoms with van der Waals surface area (Å²) in [6, 6.07) is 3.99. The number of nitrogens with zero attached hydrogens (tertiary/aromatic N) is 3. The molecule has 2 heterocycles. The van der Waals surface area contributed by atoms with Gasteiger partial charge in [0.05, 0.1) is 0 Å². The molecule has 4 nitrogen and oxygen atoms in total. The average Bonchev–Trinajstić information content (AvgIpc) is 2.63. The van der Waals surface area contributed by atoms with Crippen molar-refractivity contribution in [2.45, 2.75) is 29.8 Å². The summed E-state index contributed by atoms with van der Waals surface area (Å²) in [6.07, 6.45) is 0. The van der Waals surface area contributed by atoms with Crippen molar-refractivity contribution in [3.05, 3.63) is 28.4 Å². The Balaban J connectivity index is 2.24. The molecule has 0 aliphatic heterocycles. The van der Waals surface area contributed by atoms with Crippen molar-refractivity contribution < 1.29 is 0 Å². The fourth-order valence-electron chi connectivity index (χ4n) is 1.29. The number of hydrogen-bond acceptors (Lipinski definition) is 6. The van der Waals surface area contributed by atoms with Crippen LogP contribution in [0.15, 0.2) is 21.5 Å². The monoisotopic (exact) mass is 252 g/mol. The van der Waals surface area contributed by atoms with E-state index in [1.54, 1.807) is 11.3 Å². The first kappa shape index (κ1) is 11.5. The Morgan fingerprint density at radius 3 is 2.75 bits per heavy atom. The highest BCUT2D eigenvalue weighted by molar-refractivity contribution is 8.01. The fraction of sp³-hybridized carbons (Fsp3) is 0.300. The third-order valence-electron chi connectivity index (χ3n) is 1.92. The van der Waals surface area contributed by atoms with Crippen molar-refractivity contribution in [2.75, 3.05) is 0 Å². The molecule has 0 spiro atoms. The van der Waals surface area contributed by atoms with E-state index in [-0.39, 0.29) is 0 Å². The van der Waals surface area contributed by atoms with E-state index in [1.807, 2.05) is 26.0 Å². The van der Waals surface area contributed by atoms with E-state index >= 15 is 0 Å². The zero-order valence-corrected chi connectivity index (χ0v) is 10.7. The molecule has 0 radical (unpaired) electrons. The number of hydrogen-bond donors (Lipinski definition) is 1. The molecule has 16 heavy (non-hydrogen) atoms. The van der Waals surface area contributed by atoms with E-state index in [0.29, 0.717) is 6.54 Å². The topological polar surface area (TPSA) is 64.7 Å². The van der Waals surface area contributed by atoms with Gasteiger partial charge in [-0.15, -0.1) is 10.2 Å². The zero-order valence-electron chi connectivity index (χ0n) is 9.10. The molecular weight excluding hydrogens is 240 g/mol. The summed E-state index contributed by atoms with van der Waals surface area (Å²) in [6.45, 7) is 4.44. The van der Waals surface area contributed by atoms with Gasteiger partial charge in [0.15, 0.2) is 4.34 Å². The second kappa shape index (κ2) is 4.90. The molecule has 2 N–H and O–H groups in total. The van der Waals surface area contributed by atoms with E-state index in [4.69, 9.17) is 5.73 Å². The third-order valence-corrected chi connectivity index (χ3v) is 3.73. The number of aryl methyl sites for hydroxylation is 2. The fourth-order valence-corrected chi connectivity index (χ4v) is 3.15. The molecule has 2 aromatic rings. The molecule has 0 fully saturated rings. The molecule has 0 saturated carbocycles. The molecule has 0 amide bonds. The van der Waals surface area contributed by atoms with Crippen LogP contribution < -0.4 is 5.73 Å². The van der Waals surface area contributed by atoms with Crippen molar-refractivity contribution in [3.8, 4) is 0 Å². The highest BCUT2D eigenvalue weighted by Crippen LogP contribution is 2.29. The van der Waals surface area contributed by atoms with Crippen LogP contribution in [-0.4, -0.2) is 15.2 Å². The summed E-state index contributed by atoms with van der Waals surface area (Å²) < 4.78 is 0.915. The van der Waals surface area contributed by atoms with Crippen LogP contribution in [0.5, 0.6) is 0 Å². The van der Waals surface area contributed by atoms with Crippen LogP contribution in [-0.2, 0) is 6.54 Å². The first-order chi connectivity index (χ1) is 7.67. The summed E-state index contributed by atoms with van der Waals surface area (Å²) in [5.41, 5.74) is 7.69. The predicted octanol–water partition coefficient (Wildman–Crippen LogP) is 2.16. The van der Waals surface area contributed by atoms with E-state index in [9.17, 15) is 0 Å². The van der Waals surface area contributed by atoms with Crippen LogP contribution in [0.4, 0.5) is 0 Å². The first-order valence-corrected chi connectivity index (χ1v) is 6.46. The summed E-state index contributed by atoms with van der Waals surface area (Å²) in [5.74, 6) is 0. The normalized spacial score (nSPS) is 10.7. The minimum atomic E-state index is 0.534. The Labute approximate surface area is 102 Å². The maximum Gasteiger partial charge on any atom is 0.180 e. The lowest BCUT2D eigenvalue weighted by atomic mass is 10.2. The van der Waals surface area contributed by atoms with Crippen LogP contribution in [0.2, 0.25) is 0 Å². The summed E-state index contributed by atoms with van der Waals surface area (Å²) in [4.78, 5) is 4.43. The van der Waals surface area contributed by atoms with Gasteiger partial charge in [-0.3, -0.25) is 0 Å². The van der Waals surface area contributed by atoms with Crippen LogP contribution in [0.25, 0.3) is 0 Å². The first-order valence-electron chi connectivity index (χ1n) is 4.83. The second-order valence-electron chi connectivity index (χ2n) is 3.35. The van der Waals surface area contributed by atoms with Crippen LogP contribution in [0.3, 0.4) is 0 Å². The number of rotatable bonds is 3. The smallest absolute Gasteiger partial charge is 0.180 e. The van der Waals surface area contributed by atoms with Crippen LogP contribution in [0.1, 0.15) is 16.3 Å². The van der Waals surface area contributed by atoms with E-state index in [1.165, 1.54) is 11.8 Å². The lowest BCUT2D eigenvalue weighted by molar-refractivity contribution is 0.967. The number of nitrogens with two attached hydrogens (primary N) is 1. The molecule has 0 aromatic carbocycles. The van der Waals surface area contributed by atoms with Gasteiger partial charge in [0.25, 0.3) is 0 Å². The molecule has 0 atom stereocenters. The minimum Gasteiger partial charge on any atom is -0.326 e. The summed E-state index contributed by atoms with van der Waals surface area (Å²) >= 11 is 3.10. The van der Waals surface area contributed by atoms with Crippen molar-refractivity contribution in [1.29, 1.82) is 0 Å². The lowest BCUT2D eigenvalue weighted by Gasteiger charge is -2.02. The van der Waals surface area contributed by atoms with Crippen molar-refractivity contribution in [3.63, 3.8) is 0 Å². The standard InChI is InChI=1S/C10H12N4S2/c1-6-3-8(5-11)4-9(12-6)16-10-14-13-7(2)15-10/h3-4H,5,11H2,1-2H3. The van der Waals surface area contributed by atoms with Gasteiger partial charge in [0.1, 0.15) is 10.0 Å². The molecular formula is C10H12N4S2. The molecule has 0 aliphatic carbocycles. The average molecular weight is 252 g/mol. The Bertz CT molecular complexity index is 495. The molecule has 0 unspecified atom stereocenters. The summed E-state index contributed by atoms with van der Waals surface area (Å²) in [5, 5.41) is 9.92. The van der Waals surface area contributed by atoms with Gasteiger partial charge in [-0.25, -0.2) is 4.98 Å². The molecule has 84 valence electrons. The molecule has 6 heteroatoms. The summed E-state index contributed by atoms with van der Waals surface area (Å²) in [7, 11) is 0. The van der Waals surface area contributed by atoms with Crippen LogP contribution in [0, 0.1) is 13.8 Å². The van der Waals surface area contributed by atoms with E-state index < -0.39 is 0 Å². The zero-order chi connectivity index (χ0) is 11.5. The van der Waals surface area contributed by atoms with Gasteiger partial charge in [0.2, 0.25) is 0 Å². The van der Waals surface area contributed by atoms with E-state index in [0.717, 1.165) is 25.6 Å². The minimum absolute atomic E-state index is 0.534. The molecule has 0 saturated heterocycles. The van der Waals surface area contributed by atoms with Crippen molar-refractivity contribution in [1.82, 2.24) is 15.2 Å². The largest absolute Gasteiger partial charge is 0.326 e. The second-order valence-corrected chi connectivity index (χ2v) is 5.80. The SMILES string of the molecule is Cc1cc(CN)cc(Sc2nnc(C)s2)n1. The van der Waals surface area contributed by atoms with E-state index in [2.05, 4.69) is 15.2 Å². The Hall–Kier alpha value is -0.980. The van der Waals surface area contributed by atoms with Crippen molar-refractivity contribution >= 4 is 23.1 Å². The maximum absolute atomic E-state index is 5.62. The van der Waals surface area contributed by atoms with Crippen molar-refractivity contribution in [2.24, 2.45) is 5.73 Å². The molecule has 2 rings (SSSR count). The van der Waals surface area contributed by atoms with Gasteiger partial charge >= 0.3 is 0 Å². The van der Waals surface area contributed by atoms with Crippen LogP contribution >= 0.6 is 23.1 Å². The maximum atomic E-state index is 5.62. The number of aromatic nitrogens is 3. The quantitative estimate of drug-likeness (QED) is 0.907. The van der Waals surface area contributed by atoms with Gasteiger partial charge in [-0.05, 0) is 43.3 Å². The van der Waals surface area contributed by atoms with Gasteiger partial charge < -0.3 is 5.73 Å². The Kier molecular flexibility index (Phi) is 3.52. The van der Waals surface area contributed by atoms with Gasteiger partial charge in [-0.1, -0.05) is 11.3 Å². The van der Waals surface area contributed by atoms with Gasteiger partial charge in [-0.2, -0.15) is 0 Å². The number of pyridine rings is 1. The Morgan fingerprint density at radius 2 is 2.12 bits per heavy atom. The molecule has 0 bridgehead atoms.